The largest absolute Gasteiger partial charge is 0.459 e. The van der Waals surface area contributed by atoms with Crippen molar-refractivity contribution < 1.29 is 37.1 Å². The van der Waals surface area contributed by atoms with Crippen LogP contribution in [0.2, 0.25) is 0 Å². The number of hydrogen-bond acceptors (Lipinski definition) is 5. The lowest BCUT2D eigenvalue weighted by atomic mass is 9.96. The first-order chi connectivity index (χ1) is 26.7. The summed E-state index contributed by atoms with van der Waals surface area (Å²) in [5.41, 5.74) is 2.72. The van der Waals surface area contributed by atoms with E-state index >= 15 is 0 Å². The van der Waals surface area contributed by atoms with E-state index in [-0.39, 0.29) is 29.8 Å². The van der Waals surface area contributed by atoms with E-state index in [9.17, 15) is 32.3 Å². The summed E-state index contributed by atoms with van der Waals surface area (Å²) >= 11 is 0. The second kappa shape index (κ2) is 16.4. The van der Waals surface area contributed by atoms with Crippen LogP contribution >= 0.6 is 0 Å². The van der Waals surface area contributed by atoms with Crippen molar-refractivity contribution in [1.82, 2.24) is 14.8 Å². The van der Waals surface area contributed by atoms with E-state index < -0.39 is 35.6 Å². The molecule has 9 nitrogen and oxygen atoms in total. The first-order valence-electron chi connectivity index (χ1n) is 17.8. The summed E-state index contributed by atoms with van der Waals surface area (Å²) in [6.07, 6.45) is -4.91. The van der Waals surface area contributed by atoms with E-state index in [1.165, 1.54) is 11.0 Å². The minimum Gasteiger partial charge on any atom is -0.459 e. The second-order valence-electron chi connectivity index (χ2n) is 13.6. The minimum atomic E-state index is -4.65. The summed E-state index contributed by atoms with van der Waals surface area (Å²) in [4.78, 5) is 55.2. The molecule has 1 aromatic heterocycles. The van der Waals surface area contributed by atoms with Crippen molar-refractivity contribution in [2.75, 3.05) is 12.4 Å². The molecule has 0 spiro atoms. The molecule has 2 N–H and O–H groups in total. The van der Waals surface area contributed by atoms with Crippen LogP contribution in [0.4, 0.5) is 18.9 Å². The number of hydrogen-bond donors (Lipinski definition) is 2. The summed E-state index contributed by atoms with van der Waals surface area (Å²) in [6, 6.07) is 32.8. The Bertz CT molecular complexity index is 2390. The lowest BCUT2D eigenvalue weighted by Gasteiger charge is -2.25. The number of fused-ring (bicyclic) bond motifs is 1. The van der Waals surface area contributed by atoms with Crippen LogP contribution in [-0.2, 0) is 29.3 Å². The number of benzene rings is 5. The van der Waals surface area contributed by atoms with E-state index in [0.29, 0.717) is 38.8 Å². The molecule has 286 valence electrons. The van der Waals surface area contributed by atoms with Crippen LogP contribution in [0.1, 0.15) is 67.8 Å². The highest BCUT2D eigenvalue weighted by Crippen LogP contribution is 2.34. The number of likely N-dealkylation sites (N-methyl/N-ethyl adjacent to an activating group) is 1. The van der Waals surface area contributed by atoms with Crippen LogP contribution in [0.3, 0.4) is 0 Å². The quantitative estimate of drug-likeness (QED) is 0.128. The molecule has 0 aliphatic heterocycles. The van der Waals surface area contributed by atoms with Crippen LogP contribution < -0.4 is 10.6 Å². The number of esters is 1. The number of rotatable bonds is 11. The van der Waals surface area contributed by atoms with E-state index in [1.807, 2.05) is 0 Å². The Labute approximate surface area is 321 Å². The molecular weight excluding hydrogens is 722 g/mol. The van der Waals surface area contributed by atoms with Gasteiger partial charge in [-0.2, -0.15) is 13.2 Å². The van der Waals surface area contributed by atoms with Gasteiger partial charge < -0.3 is 24.8 Å². The van der Waals surface area contributed by atoms with Crippen LogP contribution in [0.5, 0.6) is 0 Å². The fourth-order valence-corrected chi connectivity index (χ4v) is 6.36. The molecule has 0 saturated heterocycles. The number of carbonyl (C=O) groups is 4. The number of nitrogens with one attached hydrogen (secondary N) is 2. The number of amides is 3. The van der Waals surface area contributed by atoms with Crippen LogP contribution in [0.25, 0.3) is 22.0 Å². The molecule has 6 aromatic rings. The SMILES string of the molecule is CC(C)OC(=O)c1ccc(CN(C)C(=O)C(NC(=O)c2cc3cc(NC(=O)c4cc(C(F)(F)F)ccc4-c4ccccc4)ccc3n2C)c2ccccc2)cc1. The van der Waals surface area contributed by atoms with Gasteiger partial charge >= 0.3 is 12.1 Å². The predicted molar refractivity (Wildman–Crippen MR) is 208 cm³/mol. The monoisotopic (exact) mass is 760 g/mol. The van der Waals surface area contributed by atoms with Gasteiger partial charge in [0.15, 0.2) is 0 Å². The zero-order valence-corrected chi connectivity index (χ0v) is 31.1. The highest BCUT2D eigenvalue weighted by atomic mass is 19.4. The molecule has 56 heavy (non-hydrogen) atoms. The smallest absolute Gasteiger partial charge is 0.416 e. The number of nitrogens with zero attached hydrogens (tertiary/aromatic N) is 2. The number of aryl methyl sites for hydroxylation is 1. The molecule has 0 bridgehead atoms. The van der Waals surface area contributed by atoms with Gasteiger partial charge in [-0.25, -0.2) is 4.79 Å². The molecule has 12 heteroatoms. The zero-order valence-electron chi connectivity index (χ0n) is 31.1. The zero-order chi connectivity index (χ0) is 40.1. The molecule has 0 aliphatic rings. The maximum Gasteiger partial charge on any atom is 0.416 e. The van der Waals surface area contributed by atoms with Gasteiger partial charge in [-0.1, -0.05) is 78.9 Å². The Morgan fingerprint density at radius 2 is 1.45 bits per heavy atom. The van der Waals surface area contributed by atoms with Gasteiger partial charge in [-0.15, -0.1) is 0 Å². The lowest BCUT2D eigenvalue weighted by Crippen LogP contribution is -2.41. The fraction of sp³-hybridized carbons (Fsp3) is 0.182. The highest BCUT2D eigenvalue weighted by Gasteiger charge is 2.32. The Morgan fingerprint density at radius 3 is 2.09 bits per heavy atom. The molecule has 1 atom stereocenters. The molecule has 0 saturated carbocycles. The predicted octanol–water partition coefficient (Wildman–Crippen LogP) is 8.81. The first-order valence-corrected chi connectivity index (χ1v) is 17.8. The van der Waals surface area contributed by atoms with Crippen LogP contribution in [0, 0.1) is 0 Å². The van der Waals surface area contributed by atoms with E-state index in [0.717, 1.165) is 17.7 Å². The molecule has 0 radical (unpaired) electrons. The Balaban J connectivity index is 1.22. The molecule has 0 aliphatic carbocycles. The number of ether oxygens (including phenoxy) is 1. The summed E-state index contributed by atoms with van der Waals surface area (Å²) in [5.74, 6) is -2.08. The number of aromatic nitrogens is 1. The number of anilines is 1. The number of carbonyl (C=O) groups excluding carboxylic acids is 4. The third-order valence-corrected chi connectivity index (χ3v) is 9.19. The molecule has 1 unspecified atom stereocenters. The Morgan fingerprint density at radius 1 is 0.786 bits per heavy atom. The van der Waals surface area contributed by atoms with Crippen molar-refractivity contribution in [3.8, 4) is 11.1 Å². The van der Waals surface area contributed by atoms with Gasteiger partial charge in [0.1, 0.15) is 11.7 Å². The lowest BCUT2D eigenvalue weighted by molar-refractivity contribution is -0.137. The number of halogens is 3. The van der Waals surface area contributed by atoms with Gasteiger partial charge in [-0.05, 0) is 84.6 Å². The van der Waals surface area contributed by atoms with Gasteiger partial charge in [0, 0.05) is 42.8 Å². The molecular formula is C44H39F3N4O5. The third kappa shape index (κ3) is 8.81. The van der Waals surface area contributed by atoms with Crippen molar-refractivity contribution in [2.45, 2.75) is 38.7 Å². The van der Waals surface area contributed by atoms with E-state index in [1.54, 1.807) is 142 Å². The van der Waals surface area contributed by atoms with Gasteiger partial charge in [0.05, 0.1) is 17.2 Å². The van der Waals surface area contributed by atoms with Crippen LogP contribution in [0.15, 0.2) is 127 Å². The molecule has 6 rings (SSSR count). The normalized spacial score (nSPS) is 11.9. The minimum absolute atomic E-state index is 0.149. The molecule has 1 heterocycles. The molecule has 0 fully saturated rings. The summed E-state index contributed by atoms with van der Waals surface area (Å²) in [7, 11) is 3.32. The maximum atomic E-state index is 14.0. The second-order valence-corrected chi connectivity index (χ2v) is 13.6. The van der Waals surface area contributed by atoms with Gasteiger partial charge in [0.2, 0.25) is 5.91 Å². The molecule has 5 aromatic carbocycles. The van der Waals surface area contributed by atoms with Crippen molar-refractivity contribution in [2.24, 2.45) is 7.05 Å². The van der Waals surface area contributed by atoms with Crippen LogP contribution in [-0.4, -0.2) is 46.3 Å². The average molecular weight is 761 g/mol. The fourth-order valence-electron chi connectivity index (χ4n) is 6.36. The summed E-state index contributed by atoms with van der Waals surface area (Å²) in [5, 5.41) is 6.19. The number of alkyl halides is 3. The first kappa shape index (κ1) is 39.0. The van der Waals surface area contributed by atoms with Gasteiger partial charge in [0.25, 0.3) is 11.8 Å². The van der Waals surface area contributed by atoms with Gasteiger partial charge in [-0.3, -0.25) is 14.4 Å². The van der Waals surface area contributed by atoms with Crippen molar-refractivity contribution in [3.63, 3.8) is 0 Å². The van der Waals surface area contributed by atoms with E-state index in [4.69, 9.17) is 4.74 Å². The molecule has 3 amide bonds. The summed E-state index contributed by atoms with van der Waals surface area (Å²) in [6.45, 7) is 3.74. The third-order valence-electron chi connectivity index (χ3n) is 9.19. The standard InChI is InChI=1S/C44H39F3N4O5/c1-27(2)56-43(55)31-17-15-28(16-18-31)26-50(3)42(54)39(30-13-9-6-10-14-30)49-41(53)38-24-32-23-34(20-22-37(32)51(38)4)48-40(52)36-25-33(44(45,46)47)19-21-35(36)29-11-7-5-8-12-29/h5-25,27,39H,26H2,1-4H3,(H,48,52)(H,49,53). The maximum absolute atomic E-state index is 14.0. The average Bonchev–Trinajstić information content (AvgIpc) is 3.51. The Kier molecular flexibility index (Phi) is 11.4. The Hall–Kier alpha value is -6.69. The summed E-state index contributed by atoms with van der Waals surface area (Å²) < 4.78 is 48.0. The van der Waals surface area contributed by atoms with Crippen molar-refractivity contribution in [3.05, 3.63) is 161 Å². The van der Waals surface area contributed by atoms with Crippen molar-refractivity contribution >= 4 is 40.3 Å². The van der Waals surface area contributed by atoms with E-state index in [2.05, 4.69) is 10.6 Å². The van der Waals surface area contributed by atoms with Crippen molar-refractivity contribution in [1.29, 1.82) is 0 Å². The topological polar surface area (TPSA) is 110 Å². The highest BCUT2D eigenvalue weighted by molar-refractivity contribution is 6.10.